The highest BCUT2D eigenvalue weighted by Gasteiger charge is 2.71. The molecule has 8 nitrogen and oxygen atoms in total. The van der Waals surface area contributed by atoms with Gasteiger partial charge in [0.05, 0.1) is 17.3 Å². The topological polar surface area (TPSA) is 93.2 Å². The van der Waals surface area contributed by atoms with Gasteiger partial charge in [0, 0.05) is 36.5 Å². The normalized spacial score (nSPS) is 35.6. The molecule has 0 aliphatic heterocycles. The SMILES string of the molecule is CC(C)C1=C2[C@H]3CC[C@@H]4[C@@]5(C)CC[C@H](OC(=O)[C@H]6C[C@@H](C(=O)OCc7ccccc7)C6(C)C)C(C)(C)[C@@H]5CC[C@@]4(C)[C@]3(C)CC[C@@]2(C(=O)N(CCN(C)C)Cc2ccc(Cl)cc2)CC1=O. The standard InChI is InChI=1S/C56H77ClN2O6/c1-35(2)46-42(60)32-56(50(63)59(30-29-58(10)11)33-36-17-19-38(57)20-18-36)28-27-54(8)39(47(46)56)21-22-44-53(7)25-24-45(52(5,6)43(53)23-26-55(44,54)9)65-49(62)41-31-40(51(41,3)4)48(61)64-34-37-15-13-12-14-16-37/h12-20,35,39-41,43-45H,21-34H2,1-11H3/t39-,40+,41-,43+,44-,45+,53+,54-,55-,56-/m1/s1. The monoisotopic (exact) mass is 909 g/mol. The number of carbonyl (C=O) groups excluding carboxylic acids is 4. The molecule has 6 aliphatic rings. The number of benzene rings is 2. The first-order chi connectivity index (χ1) is 30.5. The van der Waals surface area contributed by atoms with Crippen molar-refractivity contribution in [3.05, 3.63) is 81.9 Å². The van der Waals surface area contributed by atoms with Crippen molar-refractivity contribution in [2.24, 2.45) is 68.0 Å². The Balaban J connectivity index is 1.01. The van der Waals surface area contributed by atoms with E-state index in [0.29, 0.717) is 42.8 Å². The van der Waals surface area contributed by atoms with E-state index in [1.54, 1.807) is 0 Å². The average molecular weight is 910 g/mol. The van der Waals surface area contributed by atoms with Crippen molar-refractivity contribution in [1.29, 1.82) is 0 Å². The van der Waals surface area contributed by atoms with Crippen LogP contribution < -0.4 is 0 Å². The molecule has 2 aromatic rings. The Labute approximate surface area is 395 Å². The van der Waals surface area contributed by atoms with E-state index in [4.69, 9.17) is 21.1 Å². The first-order valence-electron chi connectivity index (χ1n) is 24.9. The van der Waals surface area contributed by atoms with E-state index in [9.17, 15) is 14.4 Å². The number of Topliss-reactive ketones (excluding diaryl/α,β-unsaturated/α-hetero) is 1. The molecule has 354 valence electrons. The van der Waals surface area contributed by atoms with Gasteiger partial charge in [-0.1, -0.05) is 116 Å². The van der Waals surface area contributed by atoms with Crippen LogP contribution in [0.2, 0.25) is 5.02 Å². The Kier molecular flexibility index (Phi) is 12.7. The number of likely N-dealkylation sites (N-methyl/N-ethyl adjacent to an activating group) is 1. The summed E-state index contributed by atoms with van der Waals surface area (Å²) >= 11 is 6.29. The molecule has 5 fully saturated rings. The summed E-state index contributed by atoms with van der Waals surface area (Å²) in [6.45, 7) is 22.7. The Morgan fingerprint density at radius 1 is 0.738 bits per heavy atom. The predicted octanol–water partition coefficient (Wildman–Crippen LogP) is 11.5. The van der Waals surface area contributed by atoms with E-state index in [0.717, 1.165) is 68.2 Å². The van der Waals surface area contributed by atoms with Gasteiger partial charge in [0.15, 0.2) is 5.78 Å². The zero-order valence-corrected chi connectivity index (χ0v) is 42.1. The summed E-state index contributed by atoms with van der Waals surface area (Å²) < 4.78 is 12.3. The van der Waals surface area contributed by atoms with Crippen molar-refractivity contribution in [3.8, 4) is 0 Å². The van der Waals surface area contributed by atoms with Gasteiger partial charge < -0.3 is 19.3 Å². The fraction of sp³-hybridized carbons (Fsp3) is 0.679. The molecule has 0 aromatic heterocycles. The molecule has 2 aromatic carbocycles. The quantitative estimate of drug-likeness (QED) is 0.196. The molecule has 6 aliphatic carbocycles. The van der Waals surface area contributed by atoms with Crippen molar-refractivity contribution in [3.63, 3.8) is 0 Å². The van der Waals surface area contributed by atoms with Crippen LogP contribution in [0, 0.1) is 68.0 Å². The largest absolute Gasteiger partial charge is 0.462 e. The average Bonchev–Trinajstić information content (AvgIpc) is 3.56. The summed E-state index contributed by atoms with van der Waals surface area (Å²) in [7, 11) is 4.09. The summed E-state index contributed by atoms with van der Waals surface area (Å²) in [6.07, 6.45) is 8.14. The van der Waals surface area contributed by atoms with Crippen LogP contribution in [0.15, 0.2) is 65.7 Å². The summed E-state index contributed by atoms with van der Waals surface area (Å²) in [5.74, 6) is 0.230. The van der Waals surface area contributed by atoms with E-state index < -0.39 is 10.8 Å². The summed E-state index contributed by atoms with van der Waals surface area (Å²) in [4.78, 5) is 61.4. The van der Waals surface area contributed by atoms with Crippen LogP contribution in [0.1, 0.15) is 138 Å². The molecule has 0 spiro atoms. The zero-order chi connectivity index (χ0) is 47.1. The van der Waals surface area contributed by atoms with Crippen LogP contribution >= 0.6 is 11.6 Å². The molecule has 1 amide bonds. The van der Waals surface area contributed by atoms with Crippen LogP contribution in [-0.4, -0.2) is 66.7 Å². The molecule has 0 heterocycles. The van der Waals surface area contributed by atoms with Crippen LogP contribution in [0.3, 0.4) is 0 Å². The van der Waals surface area contributed by atoms with Gasteiger partial charge in [0.2, 0.25) is 5.91 Å². The van der Waals surface area contributed by atoms with E-state index in [2.05, 4.69) is 53.4 Å². The lowest BCUT2D eigenvalue weighted by atomic mass is 9.33. The third-order valence-corrected chi connectivity index (χ3v) is 19.7. The lowest BCUT2D eigenvalue weighted by Crippen LogP contribution is -2.66. The Morgan fingerprint density at radius 3 is 2.06 bits per heavy atom. The van der Waals surface area contributed by atoms with Crippen LogP contribution in [0.4, 0.5) is 0 Å². The smallest absolute Gasteiger partial charge is 0.309 e. The maximum atomic E-state index is 15.5. The summed E-state index contributed by atoms with van der Waals surface area (Å²) in [5, 5.41) is 0.674. The first kappa shape index (κ1) is 48.0. The third-order valence-electron chi connectivity index (χ3n) is 19.5. The highest BCUT2D eigenvalue weighted by Crippen LogP contribution is 2.77. The van der Waals surface area contributed by atoms with Gasteiger partial charge in [-0.25, -0.2) is 0 Å². The van der Waals surface area contributed by atoms with Crippen LogP contribution in [0.25, 0.3) is 0 Å². The highest BCUT2D eigenvalue weighted by atomic mass is 35.5. The second-order valence-electron chi connectivity index (χ2n) is 24.0. The Morgan fingerprint density at radius 2 is 1.42 bits per heavy atom. The summed E-state index contributed by atoms with van der Waals surface area (Å²) in [6, 6.07) is 17.5. The number of allylic oxidation sites excluding steroid dienone is 1. The van der Waals surface area contributed by atoms with E-state index in [1.165, 1.54) is 5.57 Å². The summed E-state index contributed by atoms with van der Waals surface area (Å²) in [5.41, 5.74) is 2.49. The van der Waals surface area contributed by atoms with Gasteiger partial charge in [-0.3, -0.25) is 19.2 Å². The van der Waals surface area contributed by atoms with Gasteiger partial charge in [0.25, 0.3) is 0 Å². The number of rotatable bonds is 12. The number of ketones is 1. The number of ether oxygens (including phenoxy) is 2. The lowest BCUT2D eigenvalue weighted by molar-refractivity contribution is -0.236. The van der Waals surface area contributed by atoms with Crippen molar-refractivity contribution < 1.29 is 28.7 Å². The molecule has 10 atom stereocenters. The van der Waals surface area contributed by atoms with E-state index in [-0.39, 0.29) is 88.1 Å². The fourth-order valence-corrected chi connectivity index (χ4v) is 15.7. The van der Waals surface area contributed by atoms with Gasteiger partial charge in [-0.05, 0) is 152 Å². The minimum absolute atomic E-state index is 0.00466. The molecule has 0 saturated heterocycles. The molecule has 9 heteroatoms. The molecule has 65 heavy (non-hydrogen) atoms. The van der Waals surface area contributed by atoms with E-state index >= 15 is 4.79 Å². The number of halogens is 1. The zero-order valence-electron chi connectivity index (χ0n) is 41.4. The van der Waals surface area contributed by atoms with Crippen LogP contribution in [0.5, 0.6) is 0 Å². The molecule has 5 saturated carbocycles. The Hall–Kier alpha value is -3.49. The molecular weight excluding hydrogens is 832 g/mol. The number of amides is 1. The van der Waals surface area contributed by atoms with Crippen molar-refractivity contribution in [2.75, 3.05) is 27.2 Å². The maximum Gasteiger partial charge on any atom is 0.309 e. The number of fused-ring (bicyclic) bond motifs is 7. The van der Waals surface area contributed by atoms with Gasteiger partial charge in [-0.15, -0.1) is 0 Å². The molecule has 8 rings (SSSR count). The number of carbonyl (C=O) groups is 4. The van der Waals surface area contributed by atoms with E-state index in [1.807, 2.05) is 87.4 Å². The molecule has 0 unspecified atom stereocenters. The van der Waals surface area contributed by atoms with Crippen molar-refractivity contribution in [2.45, 2.75) is 146 Å². The number of hydrogen-bond donors (Lipinski definition) is 0. The predicted molar refractivity (Wildman–Crippen MR) is 256 cm³/mol. The number of nitrogens with zero attached hydrogens (tertiary/aromatic N) is 2. The Bertz CT molecular complexity index is 2200. The van der Waals surface area contributed by atoms with Gasteiger partial charge in [0.1, 0.15) is 12.7 Å². The van der Waals surface area contributed by atoms with Crippen LogP contribution in [-0.2, 0) is 41.8 Å². The first-order valence-corrected chi connectivity index (χ1v) is 25.3. The highest BCUT2D eigenvalue weighted by molar-refractivity contribution is 6.30. The molecule has 0 N–H and O–H groups in total. The van der Waals surface area contributed by atoms with Crippen molar-refractivity contribution in [1.82, 2.24) is 9.80 Å². The second-order valence-corrected chi connectivity index (χ2v) is 24.4. The minimum Gasteiger partial charge on any atom is -0.462 e. The van der Waals surface area contributed by atoms with Gasteiger partial charge >= 0.3 is 11.9 Å². The third kappa shape index (κ3) is 7.84. The molecular formula is C56H77ClN2O6. The fourth-order valence-electron chi connectivity index (χ4n) is 15.5. The molecule has 0 bridgehead atoms. The minimum atomic E-state index is -0.814. The second kappa shape index (κ2) is 17.2. The van der Waals surface area contributed by atoms with Crippen molar-refractivity contribution >= 4 is 35.2 Å². The lowest BCUT2D eigenvalue weighted by Gasteiger charge is -2.72. The molecule has 0 radical (unpaired) electrons. The number of hydrogen-bond acceptors (Lipinski definition) is 7. The number of esters is 2. The maximum absolute atomic E-state index is 15.5. The van der Waals surface area contributed by atoms with Gasteiger partial charge in [-0.2, -0.15) is 0 Å².